The van der Waals surface area contributed by atoms with E-state index in [2.05, 4.69) is 5.32 Å². The molecule has 0 saturated carbocycles. The summed E-state index contributed by atoms with van der Waals surface area (Å²) >= 11 is 6.06. The van der Waals surface area contributed by atoms with Gasteiger partial charge in [-0.05, 0) is 30.3 Å². The second-order valence-electron chi connectivity index (χ2n) is 5.49. The first-order chi connectivity index (χ1) is 12.7. The van der Waals surface area contributed by atoms with Gasteiger partial charge in [-0.2, -0.15) is 4.31 Å². The molecule has 0 aliphatic carbocycles. The van der Waals surface area contributed by atoms with E-state index < -0.39 is 20.9 Å². The molecule has 144 valence electrons. The van der Waals surface area contributed by atoms with E-state index in [0.29, 0.717) is 18.8 Å². The molecule has 0 aliphatic rings. The number of amides is 1. The number of anilines is 1. The molecule has 0 unspecified atom stereocenters. The molecule has 0 aliphatic heterocycles. The normalized spacial score (nSPS) is 11.4. The van der Waals surface area contributed by atoms with Crippen molar-refractivity contribution in [1.82, 2.24) is 4.31 Å². The summed E-state index contributed by atoms with van der Waals surface area (Å²) in [5.41, 5.74) is 0.195. The van der Waals surface area contributed by atoms with Crippen molar-refractivity contribution in [2.45, 2.75) is 18.7 Å². The van der Waals surface area contributed by atoms with Gasteiger partial charge in [0.15, 0.2) is 0 Å². The molecule has 0 aromatic heterocycles. The largest absolute Gasteiger partial charge is 0.322 e. The van der Waals surface area contributed by atoms with Crippen molar-refractivity contribution in [1.29, 1.82) is 0 Å². The highest BCUT2D eigenvalue weighted by molar-refractivity contribution is 7.89. The van der Waals surface area contributed by atoms with Crippen LogP contribution in [0.25, 0.3) is 0 Å². The van der Waals surface area contributed by atoms with Gasteiger partial charge >= 0.3 is 0 Å². The topological polar surface area (TPSA) is 110 Å². The Labute approximate surface area is 162 Å². The van der Waals surface area contributed by atoms with Crippen LogP contribution in [0.3, 0.4) is 0 Å². The summed E-state index contributed by atoms with van der Waals surface area (Å²) in [5, 5.41) is 13.3. The number of non-ortho nitro benzene ring substituents is 1. The second kappa shape index (κ2) is 8.47. The molecular weight excluding hydrogens is 394 g/mol. The number of benzene rings is 2. The standard InChI is InChI=1S/C17H18ClN3O5S/c1-3-20(4-2)27(25,26)14-9-10-16(18)15(11-14)17(22)19-12-5-7-13(8-6-12)21(23)24/h5-11H,3-4H2,1-2H3,(H,19,22). The molecule has 1 N–H and O–H groups in total. The number of nitro groups is 1. The number of hydrogen-bond donors (Lipinski definition) is 1. The van der Waals surface area contributed by atoms with E-state index in [9.17, 15) is 23.3 Å². The van der Waals surface area contributed by atoms with Gasteiger partial charge in [-0.1, -0.05) is 25.4 Å². The third-order valence-electron chi connectivity index (χ3n) is 3.86. The first-order valence-electron chi connectivity index (χ1n) is 8.06. The SMILES string of the molecule is CCN(CC)S(=O)(=O)c1ccc(Cl)c(C(=O)Nc2ccc([N+](=O)[O-])cc2)c1. The molecule has 0 saturated heterocycles. The summed E-state index contributed by atoms with van der Waals surface area (Å²) in [6, 6.07) is 9.16. The molecule has 0 fully saturated rings. The molecule has 0 atom stereocenters. The van der Waals surface area contributed by atoms with Gasteiger partial charge in [0.25, 0.3) is 11.6 Å². The van der Waals surface area contributed by atoms with Crippen molar-refractivity contribution in [3.63, 3.8) is 0 Å². The minimum absolute atomic E-state index is 0.0109. The van der Waals surface area contributed by atoms with Crippen LogP contribution in [0.1, 0.15) is 24.2 Å². The Balaban J connectivity index is 2.32. The van der Waals surface area contributed by atoms with Crippen molar-refractivity contribution in [2.24, 2.45) is 0 Å². The number of hydrogen-bond acceptors (Lipinski definition) is 5. The Morgan fingerprint density at radius 3 is 2.26 bits per heavy atom. The lowest BCUT2D eigenvalue weighted by Crippen LogP contribution is -2.30. The Hall–Kier alpha value is -2.49. The van der Waals surface area contributed by atoms with E-state index in [0.717, 1.165) is 0 Å². The van der Waals surface area contributed by atoms with E-state index >= 15 is 0 Å². The molecule has 8 nitrogen and oxygen atoms in total. The predicted octanol–water partition coefficient (Wildman–Crippen LogP) is 3.53. The average molecular weight is 412 g/mol. The number of nitro benzene ring substituents is 1. The summed E-state index contributed by atoms with van der Waals surface area (Å²) in [4.78, 5) is 22.6. The van der Waals surface area contributed by atoms with E-state index in [-0.39, 0.29) is 21.2 Å². The number of halogens is 1. The zero-order chi connectivity index (χ0) is 20.2. The van der Waals surface area contributed by atoms with Gasteiger partial charge in [0.05, 0.1) is 20.4 Å². The lowest BCUT2D eigenvalue weighted by Gasteiger charge is -2.19. The fraction of sp³-hybridized carbons (Fsp3) is 0.235. The van der Waals surface area contributed by atoms with Gasteiger partial charge in [0.2, 0.25) is 10.0 Å². The van der Waals surface area contributed by atoms with Crippen molar-refractivity contribution in [2.75, 3.05) is 18.4 Å². The van der Waals surface area contributed by atoms with Crippen molar-refractivity contribution >= 4 is 38.9 Å². The Morgan fingerprint density at radius 2 is 1.74 bits per heavy atom. The molecule has 1 amide bonds. The van der Waals surface area contributed by atoms with Gasteiger partial charge in [-0.15, -0.1) is 0 Å². The lowest BCUT2D eigenvalue weighted by atomic mass is 10.2. The number of carbonyl (C=O) groups excluding carboxylic acids is 1. The highest BCUT2D eigenvalue weighted by Gasteiger charge is 2.24. The highest BCUT2D eigenvalue weighted by atomic mass is 35.5. The van der Waals surface area contributed by atoms with E-state index in [4.69, 9.17) is 11.6 Å². The quantitative estimate of drug-likeness (QED) is 0.553. The fourth-order valence-electron chi connectivity index (χ4n) is 2.42. The maximum Gasteiger partial charge on any atom is 0.269 e. The van der Waals surface area contributed by atoms with Crippen molar-refractivity contribution in [3.8, 4) is 0 Å². The van der Waals surface area contributed by atoms with E-state index in [1.807, 2.05) is 0 Å². The minimum atomic E-state index is -3.74. The number of rotatable bonds is 7. The number of nitrogens with one attached hydrogen (secondary N) is 1. The van der Waals surface area contributed by atoms with E-state index in [1.165, 1.54) is 46.8 Å². The number of nitrogens with zero attached hydrogens (tertiary/aromatic N) is 2. The smallest absolute Gasteiger partial charge is 0.269 e. The summed E-state index contributed by atoms with van der Waals surface area (Å²) in [6.45, 7) is 4.04. The maximum absolute atomic E-state index is 12.6. The van der Waals surface area contributed by atoms with Crippen LogP contribution in [0.2, 0.25) is 5.02 Å². The molecule has 27 heavy (non-hydrogen) atoms. The van der Waals surface area contributed by atoms with Crippen LogP contribution in [0.15, 0.2) is 47.4 Å². The summed E-state index contributed by atoms with van der Waals surface area (Å²) in [7, 11) is -3.74. The molecule has 10 heteroatoms. The molecule has 0 radical (unpaired) electrons. The van der Waals surface area contributed by atoms with Crippen LogP contribution in [0.4, 0.5) is 11.4 Å². The number of carbonyl (C=O) groups is 1. The molecular formula is C17H18ClN3O5S. The summed E-state index contributed by atoms with van der Waals surface area (Å²) < 4.78 is 26.5. The van der Waals surface area contributed by atoms with Crippen molar-refractivity contribution < 1.29 is 18.1 Å². The van der Waals surface area contributed by atoms with E-state index in [1.54, 1.807) is 13.8 Å². The van der Waals surface area contributed by atoms with Crippen LogP contribution in [-0.2, 0) is 10.0 Å². The van der Waals surface area contributed by atoms with Gasteiger partial charge in [-0.3, -0.25) is 14.9 Å². The minimum Gasteiger partial charge on any atom is -0.322 e. The lowest BCUT2D eigenvalue weighted by molar-refractivity contribution is -0.384. The molecule has 2 aromatic rings. The Bertz CT molecular complexity index is 957. The maximum atomic E-state index is 12.6. The monoisotopic (exact) mass is 411 g/mol. The first-order valence-corrected chi connectivity index (χ1v) is 9.88. The zero-order valence-electron chi connectivity index (χ0n) is 14.7. The fourth-order valence-corrected chi connectivity index (χ4v) is 4.10. The summed E-state index contributed by atoms with van der Waals surface area (Å²) in [5.74, 6) is -0.620. The Morgan fingerprint density at radius 1 is 1.15 bits per heavy atom. The molecule has 2 aromatic carbocycles. The van der Waals surface area contributed by atoms with Crippen molar-refractivity contribution in [3.05, 3.63) is 63.2 Å². The third kappa shape index (κ3) is 4.62. The zero-order valence-corrected chi connectivity index (χ0v) is 16.2. The van der Waals surface area contributed by atoms with Crippen LogP contribution in [0.5, 0.6) is 0 Å². The number of sulfonamides is 1. The van der Waals surface area contributed by atoms with Crippen LogP contribution < -0.4 is 5.32 Å². The second-order valence-corrected chi connectivity index (χ2v) is 7.83. The molecule has 0 bridgehead atoms. The predicted molar refractivity (Wildman–Crippen MR) is 103 cm³/mol. The molecule has 2 rings (SSSR count). The van der Waals surface area contributed by atoms with Gasteiger partial charge in [-0.25, -0.2) is 8.42 Å². The third-order valence-corrected chi connectivity index (χ3v) is 6.24. The summed E-state index contributed by atoms with van der Waals surface area (Å²) in [6.07, 6.45) is 0. The Kier molecular flexibility index (Phi) is 6.53. The van der Waals surface area contributed by atoms with Crippen LogP contribution in [0, 0.1) is 10.1 Å². The molecule has 0 heterocycles. The van der Waals surface area contributed by atoms with Gasteiger partial charge < -0.3 is 5.32 Å². The van der Waals surface area contributed by atoms with Crippen LogP contribution >= 0.6 is 11.6 Å². The van der Waals surface area contributed by atoms with Crippen LogP contribution in [-0.4, -0.2) is 36.6 Å². The van der Waals surface area contributed by atoms with Gasteiger partial charge in [0, 0.05) is 30.9 Å². The first kappa shape index (κ1) is 20.8. The average Bonchev–Trinajstić information content (AvgIpc) is 2.63. The molecule has 0 spiro atoms. The van der Waals surface area contributed by atoms with Gasteiger partial charge in [0.1, 0.15) is 0 Å². The highest BCUT2D eigenvalue weighted by Crippen LogP contribution is 2.24.